The summed E-state index contributed by atoms with van der Waals surface area (Å²) in [6.45, 7) is 1.77. The van der Waals surface area contributed by atoms with Crippen molar-refractivity contribution in [3.8, 4) is 0 Å². The third-order valence-corrected chi connectivity index (χ3v) is 5.36. The number of hydrogen-bond donors (Lipinski definition) is 2. The number of para-hydroxylation sites is 1. The van der Waals surface area contributed by atoms with Crippen LogP contribution in [0.1, 0.15) is 18.9 Å². The molecule has 2 N–H and O–H groups in total. The summed E-state index contributed by atoms with van der Waals surface area (Å²) in [7, 11) is 1.72. The van der Waals surface area contributed by atoms with Crippen LogP contribution in [0, 0.1) is 0 Å². The molecule has 8 heteroatoms. The van der Waals surface area contributed by atoms with E-state index in [0.717, 1.165) is 31.6 Å². The van der Waals surface area contributed by atoms with Crippen molar-refractivity contribution >= 4 is 35.1 Å². The summed E-state index contributed by atoms with van der Waals surface area (Å²) < 4.78 is 7.12. The molecule has 1 aromatic heterocycles. The van der Waals surface area contributed by atoms with Gasteiger partial charge in [0.1, 0.15) is 5.02 Å². The first-order chi connectivity index (χ1) is 11.7. The second kappa shape index (κ2) is 7.92. The van der Waals surface area contributed by atoms with Crippen LogP contribution in [-0.4, -0.2) is 34.2 Å². The lowest BCUT2D eigenvalue weighted by Gasteiger charge is -2.31. The zero-order valence-electron chi connectivity index (χ0n) is 13.4. The molecule has 0 radical (unpaired) electrons. The van der Waals surface area contributed by atoms with E-state index in [-0.39, 0.29) is 16.6 Å². The highest BCUT2D eigenvalue weighted by molar-refractivity contribution is 7.98. The van der Waals surface area contributed by atoms with Gasteiger partial charge in [0, 0.05) is 38.0 Å². The molecule has 2 heterocycles. The Morgan fingerprint density at radius 1 is 1.25 bits per heavy atom. The van der Waals surface area contributed by atoms with Gasteiger partial charge in [-0.15, -0.1) is 0 Å². The molecule has 24 heavy (non-hydrogen) atoms. The molecule has 128 valence electrons. The molecule has 1 aliphatic heterocycles. The monoisotopic (exact) mass is 365 g/mol. The van der Waals surface area contributed by atoms with E-state index in [0.29, 0.717) is 5.69 Å². The van der Waals surface area contributed by atoms with Gasteiger partial charge < -0.3 is 10.0 Å². The van der Waals surface area contributed by atoms with E-state index >= 15 is 0 Å². The molecule has 0 spiro atoms. The van der Waals surface area contributed by atoms with Crippen molar-refractivity contribution in [2.24, 2.45) is 0 Å². The van der Waals surface area contributed by atoms with Gasteiger partial charge in [0.05, 0.1) is 17.9 Å². The predicted molar refractivity (Wildman–Crippen MR) is 101 cm³/mol. The molecule has 0 saturated carbocycles. The Morgan fingerprint density at radius 3 is 2.62 bits per heavy atom. The minimum Gasteiger partial charge on any atom is -0.385 e. The fraction of sp³-hybridized carbons (Fsp3) is 0.375. The normalized spacial score (nSPS) is 16.1. The first-order valence-electron chi connectivity index (χ1n) is 7.87. The van der Waals surface area contributed by atoms with Crippen LogP contribution in [0.5, 0.6) is 0 Å². The number of nitrogens with zero attached hydrogens (tertiary/aromatic N) is 3. The molecular formula is C16H20ClN5OS. The van der Waals surface area contributed by atoms with Crippen molar-refractivity contribution in [1.29, 1.82) is 0 Å². The Morgan fingerprint density at radius 2 is 1.96 bits per heavy atom. The van der Waals surface area contributed by atoms with Crippen LogP contribution in [0.15, 0.2) is 41.3 Å². The summed E-state index contributed by atoms with van der Waals surface area (Å²) in [4.78, 5) is 12.3. The molecule has 0 aliphatic carbocycles. The molecular weight excluding hydrogens is 346 g/mol. The summed E-state index contributed by atoms with van der Waals surface area (Å²) in [5, 5.41) is 7.35. The van der Waals surface area contributed by atoms with Crippen molar-refractivity contribution in [3.05, 3.63) is 51.9 Å². The van der Waals surface area contributed by atoms with Crippen molar-refractivity contribution < 1.29 is 0 Å². The highest BCUT2D eigenvalue weighted by atomic mass is 35.5. The smallest absolute Gasteiger partial charge is 0.287 e. The maximum Gasteiger partial charge on any atom is 0.287 e. The number of nitrogens with one attached hydrogen (secondary N) is 2. The lowest BCUT2D eigenvalue weighted by molar-refractivity contribution is 0.269. The summed E-state index contributed by atoms with van der Waals surface area (Å²) in [6, 6.07) is 10.2. The van der Waals surface area contributed by atoms with Crippen LogP contribution in [0.3, 0.4) is 0 Å². The standard InChI is InChI=1S/C16H20ClN5OS/c1-18-14-11-19-22(16(23)15(14)17)13-7-9-21(10-8-13)24-20-12-5-3-2-4-6-12/h2-6,11,13,18,20H,7-10H2,1H3. The van der Waals surface area contributed by atoms with Gasteiger partial charge in [-0.3, -0.25) is 4.79 Å². The van der Waals surface area contributed by atoms with Crippen LogP contribution in [-0.2, 0) is 0 Å². The van der Waals surface area contributed by atoms with Crippen molar-refractivity contribution in [2.75, 3.05) is 30.2 Å². The molecule has 6 nitrogen and oxygen atoms in total. The molecule has 1 aromatic carbocycles. The van der Waals surface area contributed by atoms with E-state index in [9.17, 15) is 4.79 Å². The number of hydrogen-bond acceptors (Lipinski definition) is 6. The fourth-order valence-corrected chi connectivity index (χ4v) is 3.67. The minimum absolute atomic E-state index is 0.0921. The van der Waals surface area contributed by atoms with E-state index in [4.69, 9.17) is 11.6 Å². The summed E-state index contributed by atoms with van der Waals surface area (Å²) in [5.74, 6) is 0. The summed E-state index contributed by atoms with van der Waals surface area (Å²) in [5.41, 5.74) is 1.42. The lowest BCUT2D eigenvalue weighted by atomic mass is 10.1. The van der Waals surface area contributed by atoms with Gasteiger partial charge in [0.15, 0.2) is 0 Å². The average molecular weight is 366 g/mol. The highest BCUT2D eigenvalue weighted by Crippen LogP contribution is 2.26. The second-order valence-corrected chi connectivity index (χ2v) is 6.87. The third-order valence-electron chi connectivity index (χ3n) is 4.05. The highest BCUT2D eigenvalue weighted by Gasteiger charge is 2.23. The fourth-order valence-electron chi connectivity index (χ4n) is 2.68. The maximum atomic E-state index is 12.3. The minimum atomic E-state index is -0.225. The van der Waals surface area contributed by atoms with Crippen LogP contribution in [0.4, 0.5) is 11.4 Å². The van der Waals surface area contributed by atoms with Gasteiger partial charge in [-0.05, 0) is 25.0 Å². The molecule has 3 rings (SSSR count). The van der Waals surface area contributed by atoms with Crippen LogP contribution in [0.25, 0.3) is 0 Å². The van der Waals surface area contributed by atoms with Crippen molar-refractivity contribution in [2.45, 2.75) is 18.9 Å². The molecule has 2 aromatic rings. The zero-order valence-corrected chi connectivity index (χ0v) is 15.0. The Bertz CT molecular complexity index is 731. The van der Waals surface area contributed by atoms with E-state index < -0.39 is 0 Å². The van der Waals surface area contributed by atoms with Crippen molar-refractivity contribution in [3.63, 3.8) is 0 Å². The molecule has 0 unspecified atom stereocenters. The Hall–Kier alpha value is -1.70. The van der Waals surface area contributed by atoms with E-state index in [1.165, 1.54) is 4.68 Å². The lowest BCUT2D eigenvalue weighted by Crippen LogP contribution is -2.36. The zero-order chi connectivity index (χ0) is 16.9. The molecule has 0 amide bonds. The maximum absolute atomic E-state index is 12.3. The Labute approximate surface area is 150 Å². The first-order valence-corrected chi connectivity index (χ1v) is 9.02. The Balaban J connectivity index is 1.57. The topological polar surface area (TPSA) is 62.2 Å². The van der Waals surface area contributed by atoms with Crippen molar-refractivity contribution in [1.82, 2.24) is 14.1 Å². The quantitative estimate of drug-likeness (QED) is 0.793. The van der Waals surface area contributed by atoms with E-state index in [2.05, 4.69) is 19.4 Å². The summed E-state index contributed by atoms with van der Waals surface area (Å²) in [6.07, 6.45) is 3.35. The number of anilines is 2. The second-order valence-electron chi connectivity index (χ2n) is 5.59. The van der Waals surface area contributed by atoms with Gasteiger partial charge in [-0.25, -0.2) is 8.99 Å². The van der Waals surface area contributed by atoms with Crippen LogP contribution < -0.4 is 15.6 Å². The number of piperidine rings is 1. The molecule has 1 saturated heterocycles. The van der Waals surface area contributed by atoms with E-state index in [1.807, 2.05) is 30.3 Å². The molecule has 1 fully saturated rings. The Kier molecular flexibility index (Phi) is 5.65. The van der Waals surface area contributed by atoms with Gasteiger partial charge >= 0.3 is 0 Å². The molecule has 0 atom stereocenters. The number of halogens is 1. The van der Waals surface area contributed by atoms with Gasteiger partial charge in [0.2, 0.25) is 0 Å². The third kappa shape index (κ3) is 3.85. The molecule has 1 aliphatic rings. The van der Waals surface area contributed by atoms with Crippen LogP contribution in [0.2, 0.25) is 5.02 Å². The number of rotatable bonds is 5. The average Bonchev–Trinajstić information content (AvgIpc) is 2.64. The van der Waals surface area contributed by atoms with Gasteiger partial charge in [0.25, 0.3) is 5.56 Å². The predicted octanol–water partition coefficient (Wildman–Crippen LogP) is 3.25. The van der Waals surface area contributed by atoms with Gasteiger partial charge in [-0.2, -0.15) is 5.10 Å². The first kappa shape index (κ1) is 17.1. The SMILES string of the molecule is CNc1cnn(C2CCN(SNc3ccccc3)CC2)c(=O)c1Cl. The van der Waals surface area contributed by atoms with Gasteiger partial charge in [-0.1, -0.05) is 29.8 Å². The summed E-state index contributed by atoms with van der Waals surface area (Å²) >= 11 is 7.70. The molecule has 0 bridgehead atoms. The van der Waals surface area contributed by atoms with E-state index in [1.54, 1.807) is 25.4 Å². The number of aromatic nitrogens is 2. The largest absolute Gasteiger partial charge is 0.385 e. The van der Waals surface area contributed by atoms with Crippen LogP contribution >= 0.6 is 23.7 Å². The number of benzene rings is 1.